The third-order valence-corrected chi connectivity index (χ3v) is 2.94. The van der Waals surface area contributed by atoms with Gasteiger partial charge in [-0.1, -0.05) is 17.7 Å². The van der Waals surface area contributed by atoms with E-state index in [2.05, 4.69) is 4.99 Å². The average molecular weight is 306 g/mol. The minimum absolute atomic E-state index is 0.0993. The summed E-state index contributed by atoms with van der Waals surface area (Å²) in [7, 11) is 0. The third-order valence-electron chi connectivity index (χ3n) is 1.90. The van der Waals surface area contributed by atoms with Gasteiger partial charge in [-0.3, -0.25) is 9.79 Å². The molecule has 4 heteroatoms. The number of carbonyl (C=O) groups excluding carboxylic acids is 1. The Kier molecular flexibility index (Phi) is 2.38. The fourth-order valence-corrected chi connectivity index (χ4v) is 1.91. The van der Waals surface area contributed by atoms with E-state index in [1.54, 1.807) is 24.4 Å². The van der Waals surface area contributed by atoms with Crippen molar-refractivity contribution < 1.29 is 4.79 Å². The van der Waals surface area contributed by atoms with Crippen LogP contribution in [0.25, 0.3) is 0 Å². The predicted octanol–water partition coefficient (Wildman–Crippen LogP) is 2.60. The van der Waals surface area contributed by atoms with Gasteiger partial charge in [0.2, 0.25) is 0 Å². The van der Waals surface area contributed by atoms with Crippen molar-refractivity contribution in [3.05, 3.63) is 33.0 Å². The monoisotopic (exact) mass is 305 g/mol. The van der Waals surface area contributed by atoms with E-state index >= 15 is 0 Å². The summed E-state index contributed by atoms with van der Waals surface area (Å²) in [6.45, 7) is 0. The highest BCUT2D eigenvalue weighted by Crippen LogP contribution is 2.26. The summed E-state index contributed by atoms with van der Waals surface area (Å²) in [5.74, 6) is -0.123. The van der Waals surface area contributed by atoms with Crippen LogP contribution < -0.4 is 0 Å². The Labute approximate surface area is 94.2 Å². The largest absolute Gasteiger partial charge is 0.292 e. The molecule has 1 atom stereocenters. The van der Waals surface area contributed by atoms with Crippen LogP contribution in [-0.4, -0.2) is 11.5 Å². The molecule has 1 aliphatic heterocycles. The van der Waals surface area contributed by atoms with Crippen LogP contribution in [0, 0.1) is 5.92 Å². The van der Waals surface area contributed by atoms with Gasteiger partial charge >= 0.3 is 0 Å². The van der Waals surface area contributed by atoms with E-state index in [1.165, 1.54) is 0 Å². The first-order valence-corrected chi connectivity index (χ1v) is 5.17. The fourth-order valence-electron chi connectivity index (χ4n) is 1.25. The molecule has 0 spiro atoms. The molecule has 2 aliphatic rings. The van der Waals surface area contributed by atoms with Gasteiger partial charge in [-0.15, -0.1) is 0 Å². The molecule has 0 radical (unpaired) electrons. The Hall–Kier alpha value is -0.420. The number of allylic oxidation sites excluding steroid dienone is 5. The minimum Gasteiger partial charge on any atom is -0.292 e. The summed E-state index contributed by atoms with van der Waals surface area (Å²) in [5.41, 5.74) is 0.734. The lowest BCUT2D eigenvalue weighted by Crippen LogP contribution is -2.25. The Morgan fingerprint density at radius 1 is 1.54 bits per heavy atom. The van der Waals surface area contributed by atoms with Gasteiger partial charge in [-0.2, -0.15) is 0 Å². The van der Waals surface area contributed by atoms with Crippen molar-refractivity contribution in [2.75, 3.05) is 0 Å². The van der Waals surface area contributed by atoms with Gasteiger partial charge in [0, 0.05) is 11.2 Å². The number of carbonyl (C=O) groups is 1. The highest BCUT2D eigenvalue weighted by Gasteiger charge is 2.27. The number of hydrogen-bond acceptors (Lipinski definition) is 2. The molecule has 66 valence electrons. The molecule has 0 fully saturated rings. The number of rotatable bonds is 0. The van der Waals surface area contributed by atoms with Crippen molar-refractivity contribution in [2.45, 2.75) is 0 Å². The van der Waals surface area contributed by atoms with Crippen molar-refractivity contribution in [3.8, 4) is 0 Å². The number of nitrogens with zero attached hydrogens (tertiary/aromatic N) is 1. The van der Waals surface area contributed by atoms with E-state index < -0.39 is 0 Å². The molecule has 2 rings (SSSR count). The lowest BCUT2D eigenvalue weighted by molar-refractivity contribution is -0.115. The second-order valence-corrected chi connectivity index (χ2v) is 4.36. The highest BCUT2D eigenvalue weighted by atomic mass is 127. The van der Waals surface area contributed by atoms with Gasteiger partial charge in [-0.05, 0) is 34.7 Å². The summed E-state index contributed by atoms with van der Waals surface area (Å²) in [6, 6.07) is 0. The van der Waals surface area contributed by atoms with E-state index in [0.29, 0.717) is 8.61 Å². The topological polar surface area (TPSA) is 29.4 Å². The van der Waals surface area contributed by atoms with E-state index in [1.807, 2.05) is 22.6 Å². The number of fused-ring (bicyclic) bond motifs is 1. The van der Waals surface area contributed by atoms with Crippen molar-refractivity contribution in [2.24, 2.45) is 10.9 Å². The van der Waals surface area contributed by atoms with Crippen LogP contribution in [0.4, 0.5) is 0 Å². The standard InChI is InChI=1S/C9H5ClINO/c10-5-1-2-6-8(3-5)12-4-7(11)9(6)13/h1-4,6H. The van der Waals surface area contributed by atoms with E-state index in [0.717, 1.165) is 5.71 Å². The van der Waals surface area contributed by atoms with Crippen molar-refractivity contribution >= 4 is 45.7 Å². The summed E-state index contributed by atoms with van der Waals surface area (Å²) in [4.78, 5) is 15.7. The van der Waals surface area contributed by atoms with Crippen molar-refractivity contribution in [1.29, 1.82) is 0 Å². The maximum atomic E-state index is 11.6. The number of halogens is 2. The van der Waals surface area contributed by atoms with Gasteiger partial charge in [0.25, 0.3) is 0 Å². The second-order valence-electron chi connectivity index (χ2n) is 2.76. The second kappa shape index (κ2) is 3.38. The molecule has 13 heavy (non-hydrogen) atoms. The molecule has 0 saturated heterocycles. The van der Waals surface area contributed by atoms with Gasteiger partial charge in [0.1, 0.15) is 0 Å². The minimum atomic E-state index is -0.223. The van der Waals surface area contributed by atoms with Gasteiger partial charge in [-0.25, -0.2) is 0 Å². The maximum absolute atomic E-state index is 11.6. The van der Waals surface area contributed by atoms with Crippen LogP contribution in [-0.2, 0) is 4.79 Å². The van der Waals surface area contributed by atoms with E-state index in [-0.39, 0.29) is 11.7 Å². The molecule has 0 aromatic rings. The fraction of sp³-hybridized carbons (Fsp3) is 0.111. The van der Waals surface area contributed by atoms with E-state index in [4.69, 9.17) is 11.6 Å². The molecule has 1 aliphatic carbocycles. The first kappa shape index (κ1) is 9.15. The first-order chi connectivity index (χ1) is 6.18. The number of hydrogen-bond donors (Lipinski definition) is 0. The summed E-state index contributed by atoms with van der Waals surface area (Å²) < 4.78 is 0.669. The first-order valence-electron chi connectivity index (χ1n) is 3.71. The highest BCUT2D eigenvalue weighted by molar-refractivity contribution is 14.1. The quantitative estimate of drug-likeness (QED) is 0.633. The van der Waals surface area contributed by atoms with Crippen LogP contribution in [0.1, 0.15) is 0 Å². The smallest absolute Gasteiger partial charge is 0.183 e. The lowest BCUT2D eigenvalue weighted by atomic mass is 9.92. The number of ketones is 1. The number of Topliss-reactive ketones (excluding diaryl/α,β-unsaturated/α-hetero) is 1. The SMILES string of the molecule is O=C1C(I)=CN=C2C=C(Cl)C=CC12. The molecule has 1 unspecified atom stereocenters. The van der Waals surface area contributed by atoms with Crippen molar-refractivity contribution in [3.63, 3.8) is 0 Å². The molecule has 0 aromatic carbocycles. The van der Waals surface area contributed by atoms with E-state index in [9.17, 15) is 4.79 Å². The summed E-state index contributed by atoms with van der Waals surface area (Å²) >= 11 is 7.77. The van der Waals surface area contributed by atoms with Crippen LogP contribution in [0.3, 0.4) is 0 Å². The Morgan fingerprint density at radius 3 is 3.08 bits per heavy atom. The molecular weight excluding hydrogens is 300 g/mol. The molecular formula is C9H5ClINO. The normalized spacial score (nSPS) is 26.2. The molecule has 0 amide bonds. The Bertz CT molecular complexity index is 392. The molecule has 0 bridgehead atoms. The molecule has 0 N–H and O–H groups in total. The third kappa shape index (κ3) is 1.62. The molecule has 0 aromatic heterocycles. The molecule has 0 saturated carbocycles. The van der Waals surface area contributed by atoms with Crippen LogP contribution in [0.5, 0.6) is 0 Å². The number of aliphatic imine (C=N–C) groups is 1. The summed E-state index contributed by atoms with van der Waals surface area (Å²) in [6.07, 6.45) is 6.83. The Balaban J connectivity index is 2.45. The lowest BCUT2D eigenvalue weighted by Gasteiger charge is -2.17. The van der Waals surface area contributed by atoms with Gasteiger partial charge < -0.3 is 0 Å². The van der Waals surface area contributed by atoms with Crippen LogP contribution >= 0.6 is 34.2 Å². The maximum Gasteiger partial charge on any atom is 0.183 e. The van der Waals surface area contributed by atoms with Gasteiger partial charge in [0.05, 0.1) is 15.2 Å². The van der Waals surface area contributed by atoms with Crippen LogP contribution in [0.15, 0.2) is 38.0 Å². The predicted molar refractivity (Wildman–Crippen MR) is 61.1 cm³/mol. The Morgan fingerprint density at radius 2 is 2.31 bits per heavy atom. The van der Waals surface area contributed by atoms with Crippen molar-refractivity contribution in [1.82, 2.24) is 0 Å². The summed E-state index contributed by atoms with van der Waals surface area (Å²) in [5, 5.41) is 0.619. The zero-order chi connectivity index (χ0) is 9.42. The molecule has 2 nitrogen and oxygen atoms in total. The van der Waals surface area contributed by atoms with Gasteiger partial charge in [0.15, 0.2) is 5.78 Å². The van der Waals surface area contributed by atoms with Crippen LogP contribution in [0.2, 0.25) is 0 Å². The zero-order valence-corrected chi connectivity index (χ0v) is 9.41. The zero-order valence-electron chi connectivity index (χ0n) is 6.50. The average Bonchev–Trinajstić information content (AvgIpc) is 2.12. The molecule has 1 heterocycles.